The first kappa shape index (κ1) is 13.6. The molecule has 5 heteroatoms. The van der Waals surface area contributed by atoms with Crippen molar-refractivity contribution >= 4 is 34.8 Å². The molecule has 0 radical (unpaired) electrons. The molecule has 0 bridgehead atoms. The van der Waals surface area contributed by atoms with Crippen molar-refractivity contribution in [3.8, 4) is 0 Å². The van der Waals surface area contributed by atoms with E-state index in [4.69, 9.17) is 17.3 Å². The van der Waals surface area contributed by atoms with Gasteiger partial charge in [0.25, 0.3) is 11.8 Å². The highest BCUT2D eigenvalue weighted by molar-refractivity contribution is 6.37. The Kier molecular flexibility index (Phi) is 2.99. The van der Waals surface area contributed by atoms with Crippen LogP contribution in [0.2, 0.25) is 5.02 Å². The number of amides is 2. The maximum absolute atomic E-state index is 12.6. The van der Waals surface area contributed by atoms with E-state index in [9.17, 15) is 9.59 Å². The molecule has 0 aromatic heterocycles. The van der Waals surface area contributed by atoms with E-state index in [1.165, 1.54) is 6.07 Å². The molecular weight excluding hydrogens is 288 g/mol. The van der Waals surface area contributed by atoms with Gasteiger partial charge in [0.15, 0.2) is 0 Å². The van der Waals surface area contributed by atoms with Gasteiger partial charge in [0.2, 0.25) is 0 Å². The largest absolute Gasteiger partial charge is 0.398 e. The van der Waals surface area contributed by atoms with E-state index in [1.807, 2.05) is 26.0 Å². The van der Waals surface area contributed by atoms with Gasteiger partial charge >= 0.3 is 0 Å². The van der Waals surface area contributed by atoms with Crippen molar-refractivity contribution in [3.05, 3.63) is 57.6 Å². The van der Waals surface area contributed by atoms with Gasteiger partial charge in [-0.25, -0.2) is 4.90 Å². The second-order valence-corrected chi connectivity index (χ2v) is 5.51. The minimum absolute atomic E-state index is 0.317. The van der Waals surface area contributed by atoms with Gasteiger partial charge < -0.3 is 5.73 Å². The van der Waals surface area contributed by atoms with Crippen molar-refractivity contribution in [2.45, 2.75) is 13.8 Å². The highest BCUT2D eigenvalue weighted by atomic mass is 35.5. The first-order valence-electron chi connectivity index (χ1n) is 6.46. The number of hydrogen-bond acceptors (Lipinski definition) is 3. The summed E-state index contributed by atoms with van der Waals surface area (Å²) in [6, 6.07) is 8.43. The van der Waals surface area contributed by atoms with Crippen LogP contribution in [-0.4, -0.2) is 11.8 Å². The standard InChI is InChI=1S/C16H13ClN2O2/c1-8-3-4-9(2)14-13(8)15(20)19(16(14)21)10-5-6-12(18)11(17)7-10/h3-7H,18H2,1-2H3. The van der Waals surface area contributed by atoms with Crippen LogP contribution in [0.25, 0.3) is 0 Å². The number of hydrogen-bond donors (Lipinski definition) is 1. The quantitative estimate of drug-likeness (QED) is 0.649. The molecule has 1 aliphatic heterocycles. The van der Waals surface area contributed by atoms with Crippen molar-refractivity contribution in [1.82, 2.24) is 0 Å². The van der Waals surface area contributed by atoms with Gasteiger partial charge in [0, 0.05) is 0 Å². The minimum atomic E-state index is -0.322. The molecule has 0 saturated carbocycles. The Labute approximate surface area is 127 Å². The van der Waals surface area contributed by atoms with Gasteiger partial charge in [-0.1, -0.05) is 23.7 Å². The fraction of sp³-hybridized carbons (Fsp3) is 0.125. The number of anilines is 2. The number of halogens is 1. The zero-order valence-electron chi connectivity index (χ0n) is 11.6. The summed E-state index contributed by atoms with van der Waals surface area (Å²) in [4.78, 5) is 26.4. The Morgan fingerprint density at radius 1 is 0.952 bits per heavy atom. The average Bonchev–Trinajstić information content (AvgIpc) is 2.70. The molecule has 1 heterocycles. The fourth-order valence-corrected chi connectivity index (χ4v) is 2.74. The number of nitrogens with zero attached hydrogens (tertiary/aromatic N) is 1. The lowest BCUT2D eigenvalue weighted by Crippen LogP contribution is -2.29. The number of aryl methyl sites for hydroxylation is 2. The van der Waals surface area contributed by atoms with Gasteiger partial charge in [-0.15, -0.1) is 0 Å². The first-order chi connectivity index (χ1) is 9.91. The van der Waals surface area contributed by atoms with Crippen LogP contribution in [0.4, 0.5) is 11.4 Å². The van der Waals surface area contributed by atoms with Gasteiger partial charge in [-0.2, -0.15) is 0 Å². The Hall–Kier alpha value is -2.33. The fourth-order valence-electron chi connectivity index (χ4n) is 2.57. The van der Waals surface area contributed by atoms with Crippen molar-refractivity contribution in [2.24, 2.45) is 0 Å². The first-order valence-corrected chi connectivity index (χ1v) is 6.83. The maximum atomic E-state index is 12.6. The van der Waals surface area contributed by atoms with Gasteiger partial charge in [0.05, 0.1) is 27.5 Å². The monoisotopic (exact) mass is 300 g/mol. The summed E-state index contributed by atoms with van der Waals surface area (Å²) >= 11 is 5.99. The summed E-state index contributed by atoms with van der Waals surface area (Å²) in [6.45, 7) is 3.64. The number of carbonyl (C=O) groups excluding carboxylic acids is 2. The summed E-state index contributed by atoms with van der Waals surface area (Å²) in [5, 5.41) is 0.317. The Bertz CT molecular complexity index is 758. The second-order valence-electron chi connectivity index (χ2n) is 5.10. The molecule has 0 spiro atoms. The van der Waals surface area contributed by atoms with Gasteiger partial charge in [0.1, 0.15) is 0 Å². The summed E-state index contributed by atoms with van der Waals surface area (Å²) in [5.41, 5.74) is 9.02. The molecular formula is C16H13ClN2O2. The molecule has 3 rings (SSSR count). The predicted octanol–water partition coefficient (Wildman–Crippen LogP) is 3.34. The van der Waals surface area contributed by atoms with E-state index in [2.05, 4.69) is 0 Å². The molecule has 2 N–H and O–H groups in total. The minimum Gasteiger partial charge on any atom is -0.398 e. The summed E-state index contributed by atoms with van der Waals surface area (Å²) in [5.74, 6) is -0.644. The van der Waals surface area contributed by atoms with Crippen molar-refractivity contribution in [2.75, 3.05) is 10.6 Å². The van der Waals surface area contributed by atoms with Crippen LogP contribution in [0, 0.1) is 13.8 Å². The predicted molar refractivity (Wildman–Crippen MR) is 82.9 cm³/mol. The number of benzene rings is 2. The van der Waals surface area contributed by atoms with Gasteiger partial charge in [-0.3, -0.25) is 9.59 Å². The number of nitrogens with two attached hydrogens (primary N) is 1. The molecule has 2 aromatic rings. The molecule has 2 amide bonds. The molecule has 0 atom stereocenters. The number of rotatable bonds is 1. The molecule has 0 unspecified atom stereocenters. The molecule has 2 aromatic carbocycles. The Morgan fingerprint density at radius 3 is 1.95 bits per heavy atom. The third kappa shape index (κ3) is 1.91. The van der Waals surface area contributed by atoms with E-state index in [-0.39, 0.29) is 11.8 Å². The summed E-state index contributed by atoms with van der Waals surface area (Å²) in [7, 11) is 0. The summed E-state index contributed by atoms with van der Waals surface area (Å²) in [6.07, 6.45) is 0. The van der Waals surface area contributed by atoms with E-state index in [0.29, 0.717) is 27.5 Å². The van der Waals surface area contributed by atoms with Crippen molar-refractivity contribution in [1.29, 1.82) is 0 Å². The number of fused-ring (bicyclic) bond motifs is 1. The molecule has 1 aliphatic rings. The lowest BCUT2D eigenvalue weighted by Gasteiger charge is -2.14. The van der Waals surface area contributed by atoms with Crippen LogP contribution in [-0.2, 0) is 0 Å². The molecule has 0 fully saturated rings. The van der Waals surface area contributed by atoms with E-state index >= 15 is 0 Å². The Balaban J connectivity index is 2.18. The van der Waals surface area contributed by atoms with E-state index < -0.39 is 0 Å². The highest BCUT2D eigenvalue weighted by Gasteiger charge is 2.39. The zero-order chi connectivity index (χ0) is 15.3. The van der Waals surface area contributed by atoms with Crippen LogP contribution in [0.5, 0.6) is 0 Å². The number of carbonyl (C=O) groups is 2. The molecule has 0 saturated heterocycles. The zero-order valence-corrected chi connectivity index (χ0v) is 12.4. The second kappa shape index (κ2) is 4.60. The normalized spacial score (nSPS) is 13.8. The van der Waals surface area contributed by atoms with Crippen LogP contribution in [0.1, 0.15) is 31.8 Å². The SMILES string of the molecule is Cc1ccc(C)c2c1C(=O)N(c1ccc(N)c(Cl)c1)C2=O. The van der Waals surface area contributed by atoms with E-state index in [1.54, 1.807) is 12.1 Å². The molecule has 4 nitrogen and oxygen atoms in total. The number of nitrogen functional groups attached to an aromatic ring is 1. The van der Waals surface area contributed by atoms with Crippen LogP contribution >= 0.6 is 11.6 Å². The van der Waals surface area contributed by atoms with E-state index in [0.717, 1.165) is 16.0 Å². The Morgan fingerprint density at radius 2 is 1.48 bits per heavy atom. The number of imide groups is 1. The van der Waals surface area contributed by atoms with Crippen molar-refractivity contribution < 1.29 is 9.59 Å². The van der Waals surface area contributed by atoms with Crippen LogP contribution in [0.15, 0.2) is 30.3 Å². The molecule has 0 aliphatic carbocycles. The molecule has 106 valence electrons. The van der Waals surface area contributed by atoms with Gasteiger partial charge in [-0.05, 0) is 43.2 Å². The van der Waals surface area contributed by atoms with Crippen LogP contribution in [0.3, 0.4) is 0 Å². The smallest absolute Gasteiger partial charge is 0.266 e. The van der Waals surface area contributed by atoms with Crippen molar-refractivity contribution in [3.63, 3.8) is 0 Å². The third-order valence-corrected chi connectivity index (χ3v) is 4.03. The lowest BCUT2D eigenvalue weighted by atomic mass is 9.99. The maximum Gasteiger partial charge on any atom is 0.266 e. The van der Waals surface area contributed by atoms with Crippen LogP contribution < -0.4 is 10.6 Å². The lowest BCUT2D eigenvalue weighted by molar-refractivity contribution is 0.0926. The average molecular weight is 301 g/mol. The highest BCUT2D eigenvalue weighted by Crippen LogP contribution is 2.34. The summed E-state index contributed by atoms with van der Waals surface area (Å²) < 4.78 is 0. The topological polar surface area (TPSA) is 63.4 Å². The third-order valence-electron chi connectivity index (χ3n) is 3.70. The molecule has 21 heavy (non-hydrogen) atoms.